The smallest absolute Gasteiger partial charge is 0.0406 e. The summed E-state index contributed by atoms with van der Waals surface area (Å²) in [5.41, 5.74) is 1.30. The molecule has 1 aromatic carbocycles. The van der Waals surface area contributed by atoms with Crippen LogP contribution in [0.2, 0.25) is 5.02 Å². The van der Waals surface area contributed by atoms with E-state index in [1.165, 1.54) is 10.4 Å². The number of hydrogen-bond donors (Lipinski definition) is 1. The van der Waals surface area contributed by atoms with E-state index < -0.39 is 0 Å². The van der Waals surface area contributed by atoms with Crippen molar-refractivity contribution in [2.75, 3.05) is 20.1 Å². The van der Waals surface area contributed by atoms with E-state index in [4.69, 9.17) is 11.6 Å². The topological polar surface area (TPSA) is 15.3 Å². The van der Waals surface area contributed by atoms with Gasteiger partial charge in [0.2, 0.25) is 0 Å². The Kier molecular flexibility index (Phi) is 6.24. The molecule has 0 radical (unpaired) electrons. The molecule has 0 fully saturated rings. The average molecular weight is 323 g/mol. The second-order valence-electron chi connectivity index (χ2n) is 5.40. The van der Waals surface area contributed by atoms with E-state index in [0.29, 0.717) is 12.1 Å². The minimum absolute atomic E-state index is 0.390. The molecule has 0 aliphatic heterocycles. The van der Waals surface area contributed by atoms with Gasteiger partial charge in [0, 0.05) is 35.1 Å². The molecule has 2 rings (SSSR count). The van der Waals surface area contributed by atoms with Gasteiger partial charge in [0.25, 0.3) is 0 Å². The normalized spacial score (nSPS) is 14.3. The van der Waals surface area contributed by atoms with Crippen molar-refractivity contribution in [2.24, 2.45) is 0 Å². The van der Waals surface area contributed by atoms with Crippen molar-refractivity contribution in [3.63, 3.8) is 0 Å². The highest BCUT2D eigenvalue weighted by Gasteiger charge is 2.12. The summed E-state index contributed by atoms with van der Waals surface area (Å²) in [4.78, 5) is 3.75. The summed E-state index contributed by atoms with van der Waals surface area (Å²) in [7, 11) is 2.16. The van der Waals surface area contributed by atoms with Crippen molar-refractivity contribution < 1.29 is 0 Å². The molecule has 1 aromatic heterocycles. The predicted octanol–water partition coefficient (Wildman–Crippen LogP) is 4.75. The SMILES string of the molecule is CC(NCCN(C)C(C)c1ccc(Cl)cc1)c1cccs1. The first-order valence-electron chi connectivity index (χ1n) is 7.30. The molecule has 2 atom stereocenters. The molecule has 2 nitrogen and oxygen atoms in total. The van der Waals surface area contributed by atoms with Crippen molar-refractivity contribution in [1.82, 2.24) is 10.2 Å². The van der Waals surface area contributed by atoms with Gasteiger partial charge in [-0.05, 0) is 50.0 Å². The number of thiophene rings is 1. The van der Waals surface area contributed by atoms with E-state index in [2.05, 4.69) is 60.8 Å². The first kappa shape index (κ1) is 16.5. The lowest BCUT2D eigenvalue weighted by Crippen LogP contribution is -2.32. The van der Waals surface area contributed by atoms with Crippen LogP contribution in [0.1, 0.15) is 36.4 Å². The molecule has 1 heterocycles. The molecule has 21 heavy (non-hydrogen) atoms. The molecule has 2 unspecified atom stereocenters. The Hall–Kier alpha value is -0.870. The zero-order valence-electron chi connectivity index (χ0n) is 12.8. The molecule has 0 bridgehead atoms. The monoisotopic (exact) mass is 322 g/mol. The van der Waals surface area contributed by atoms with Gasteiger partial charge in [-0.25, -0.2) is 0 Å². The number of halogens is 1. The van der Waals surface area contributed by atoms with Crippen molar-refractivity contribution in [1.29, 1.82) is 0 Å². The number of likely N-dealkylation sites (N-methyl/N-ethyl adjacent to an activating group) is 1. The van der Waals surface area contributed by atoms with E-state index in [1.807, 2.05) is 12.1 Å². The minimum Gasteiger partial charge on any atom is -0.308 e. The van der Waals surface area contributed by atoms with Crippen LogP contribution in [-0.2, 0) is 0 Å². The maximum atomic E-state index is 5.94. The second-order valence-corrected chi connectivity index (χ2v) is 6.82. The number of nitrogens with one attached hydrogen (secondary N) is 1. The fourth-order valence-corrected chi connectivity index (χ4v) is 3.17. The summed E-state index contributed by atoms with van der Waals surface area (Å²) in [6.45, 7) is 6.44. The molecule has 0 saturated carbocycles. The standard InChI is InChI=1S/C17H23ClN2S/c1-13(17-5-4-12-21-17)19-10-11-20(3)14(2)15-6-8-16(18)9-7-15/h4-9,12-14,19H,10-11H2,1-3H3. The van der Waals surface area contributed by atoms with Crippen molar-refractivity contribution >= 4 is 22.9 Å². The number of hydrogen-bond acceptors (Lipinski definition) is 3. The number of nitrogens with zero attached hydrogens (tertiary/aromatic N) is 1. The Bertz CT molecular complexity index is 524. The molecular formula is C17H23ClN2S. The van der Waals surface area contributed by atoms with Crippen LogP contribution in [0, 0.1) is 0 Å². The van der Waals surface area contributed by atoms with Crippen LogP contribution in [-0.4, -0.2) is 25.0 Å². The van der Waals surface area contributed by atoms with Gasteiger partial charge in [-0.2, -0.15) is 0 Å². The van der Waals surface area contributed by atoms with Crippen LogP contribution in [0.4, 0.5) is 0 Å². The van der Waals surface area contributed by atoms with E-state index in [-0.39, 0.29) is 0 Å². The number of benzene rings is 1. The van der Waals surface area contributed by atoms with E-state index in [0.717, 1.165) is 18.1 Å². The van der Waals surface area contributed by atoms with Crippen LogP contribution in [0.15, 0.2) is 41.8 Å². The number of rotatable bonds is 7. The fourth-order valence-electron chi connectivity index (χ4n) is 2.29. The lowest BCUT2D eigenvalue weighted by atomic mass is 10.1. The third-order valence-electron chi connectivity index (χ3n) is 3.90. The van der Waals surface area contributed by atoms with Crippen molar-refractivity contribution in [2.45, 2.75) is 25.9 Å². The van der Waals surface area contributed by atoms with Gasteiger partial charge < -0.3 is 5.32 Å². The predicted molar refractivity (Wildman–Crippen MR) is 93.2 cm³/mol. The summed E-state index contributed by atoms with van der Waals surface area (Å²) in [5.74, 6) is 0. The van der Waals surface area contributed by atoms with Gasteiger partial charge in [0.05, 0.1) is 0 Å². The summed E-state index contributed by atoms with van der Waals surface area (Å²) in [6, 6.07) is 13.2. The van der Waals surface area contributed by atoms with E-state index in [9.17, 15) is 0 Å². The van der Waals surface area contributed by atoms with Crippen LogP contribution < -0.4 is 5.32 Å². The lowest BCUT2D eigenvalue weighted by molar-refractivity contribution is 0.258. The third kappa shape index (κ3) is 4.82. The average Bonchev–Trinajstić information content (AvgIpc) is 3.01. The molecule has 0 aliphatic carbocycles. The molecule has 114 valence electrons. The third-order valence-corrected chi connectivity index (χ3v) is 5.21. The largest absolute Gasteiger partial charge is 0.308 e. The van der Waals surface area contributed by atoms with E-state index in [1.54, 1.807) is 11.3 Å². The van der Waals surface area contributed by atoms with Crippen LogP contribution in [0.3, 0.4) is 0 Å². The quantitative estimate of drug-likeness (QED) is 0.791. The molecule has 0 aliphatic rings. The zero-order valence-corrected chi connectivity index (χ0v) is 14.4. The van der Waals surface area contributed by atoms with E-state index >= 15 is 0 Å². The second kappa shape index (κ2) is 7.95. The van der Waals surface area contributed by atoms with Gasteiger partial charge in [-0.15, -0.1) is 11.3 Å². The summed E-state index contributed by atoms with van der Waals surface area (Å²) < 4.78 is 0. The van der Waals surface area contributed by atoms with Gasteiger partial charge in [0.15, 0.2) is 0 Å². The van der Waals surface area contributed by atoms with Crippen molar-refractivity contribution in [3.8, 4) is 0 Å². The Balaban J connectivity index is 1.78. The zero-order chi connectivity index (χ0) is 15.2. The first-order chi connectivity index (χ1) is 10.1. The molecule has 4 heteroatoms. The summed E-state index contributed by atoms with van der Waals surface area (Å²) in [5, 5.41) is 6.50. The first-order valence-corrected chi connectivity index (χ1v) is 8.56. The minimum atomic E-state index is 0.390. The molecule has 1 N–H and O–H groups in total. The van der Waals surface area contributed by atoms with Crippen LogP contribution >= 0.6 is 22.9 Å². The van der Waals surface area contributed by atoms with Gasteiger partial charge in [0.1, 0.15) is 0 Å². The Morgan fingerprint density at radius 3 is 2.52 bits per heavy atom. The molecular weight excluding hydrogens is 300 g/mol. The van der Waals surface area contributed by atoms with Gasteiger partial charge in [-0.3, -0.25) is 4.90 Å². The molecule has 2 aromatic rings. The fraction of sp³-hybridized carbons (Fsp3) is 0.412. The highest BCUT2D eigenvalue weighted by atomic mass is 35.5. The molecule has 0 amide bonds. The molecule has 0 spiro atoms. The maximum Gasteiger partial charge on any atom is 0.0406 e. The van der Waals surface area contributed by atoms with Crippen LogP contribution in [0.5, 0.6) is 0 Å². The van der Waals surface area contributed by atoms with Gasteiger partial charge >= 0.3 is 0 Å². The van der Waals surface area contributed by atoms with Gasteiger partial charge in [-0.1, -0.05) is 29.8 Å². The highest BCUT2D eigenvalue weighted by Crippen LogP contribution is 2.21. The molecule has 0 saturated heterocycles. The Morgan fingerprint density at radius 1 is 1.19 bits per heavy atom. The Morgan fingerprint density at radius 2 is 1.90 bits per heavy atom. The Labute approximate surface area is 136 Å². The van der Waals surface area contributed by atoms with Crippen molar-refractivity contribution in [3.05, 3.63) is 57.2 Å². The van der Waals surface area contributed by atoms with Crippen LogP contribution in [0.25, 0.3) is 0 Å². The highest BCUT2D eigenvalue weighted by molar-refractivity contribution is 7.10. The lowest BCUT2D eigenvalue weighted by Gasteiger charge is -2.26. The summed E-state index contributed by atoms with van der Waals surface area (Å²) in [6.07, 6.45) is 0. The maximum absolute atomic E-state index is 5.94. The summed E-state index contributed by atoms with van der Waals surface area (Å²) >= 11 is 7.75.